The molecule has 0 saturated heterocycles. The molecular weight excluding hydrogens is 240 g/mol. The molecule has 0 fully saturated rings. The van der Waals surface area contributed by atoms with Crippen molar-refractivity contribution in [1.29, 1.82) is 0 Å². The van der Waals surface area contributed by atoms with E-state index in [9.17, 15) is 4.79 Å². The second-order valence-corrected chi connectivity index (χ2v) is 4.57. The third-order valence-corrected chi connectivity index (χ3v) is 3.22. The molecule has 0 saturated carbocycles. The summed E-state index contributed by atoms with van der Waals surface area (Å²) in [5, 5.41) is 2.77. The fourth-order valence-corrected chi connectivity index (χ4v) is 2.41. The summed E-state index contributed by atoms with van der Waals surface area (Å²) in [5.41, 5.74) is 2.17. The van der Waals surface area contributed by atoms with Crippen molar-refractivity contribution < 1.29 is 4.79 Å². The highest BCUT2D eigenvalue weighted by Gasteiger charge is 2.30. The molecule has 1 unspecified atom stereocenters. The number of nitrogens with zero attached hydrogens (tertiary/aromatic N) is 3. The molecule has 1 atom stereocenters. The first-order chi connectivity index (χ1) is 9.25. The van der Waals surface area contributed by atoms with E-state index in [0.717, 1.165) is 12.1 Å². The van der Waals surface area contributed by atoms with Crippen LogP contribution in [0.4, 0.5) is 16.3 Å². The minimum absolute atomic E-state index is 0.147. The van der Waals surface area contributed by atoms with Gasteiger partial charge >= 0.3 is 6.03 Å². The lowest BCUT2D eigenvalue weighted by Gasteiger charge is -2.22. The number of hydrogen-bond donors (Lipinski definition) is 1. The first-order valence-electron chi connectivity index (χ1n) is 6.20. The van der Waals surface area contributed by atoms with Gasteiger partial charge in [-0.15, -0.1) is 0 Å². The molecule has 3 rings (SSSR count). The normalized spacial score (nSPS) is 17.1. The molecule has 0 bridgehead atoms. The van der Waals surface area contributed by atoms with Crippen LogP contribution in [0.1, 0.15) is 12.5 Å². The highest BCUT2D eigenvalue weighted by molar-refractivity contribution is 6.03. The van der Waals surface area contributed by atoms with Gasteiger partial charge in [0.25, 0.3) is 0 Å². The number of fused-ring (bicyclic) bond motifs is 1. The zero-order valence-corrected chi connectivity index (χ0v) is 10.6. The number of carbonyl (C=O) groups is 1. The lowest BCUT2D eigenvalue weighted by molar-refractivity contribution is 0.255. The van der Waals surface area contributed by atoms with Gasteiger partial charge < -0.3 is 0 Å². The fourth-order valence-electron chi connectivity index (χ4n) is 2.41. The summed E-state index contributed by atoms with van der Waals surface area (Å²) in [7, 11) is 0. The second-order valence-electron chi connectivity index (χ2n) is 4.57. The molecule has 1 aromatic carbocycles. The van der Waals surface area contributed by atoms with E-state index in [2.05, 4.69) is 21.4 Å². The van der Waals surface area contributed by atoms with E-state index in [1.807, 2.05) is 25.1 Å². The van der Waals surface area contributed by atoms with Crippen molar-refractivity contribution in [3.05, 3.63) is 48.4 Å². The van der Waals surface area contributed by atoms with Gasteiger partial charge in [-0.2, -0.15) is 0 Å². The molecule has 0 spiro atoms. The van der Waals surface area contributed by atoms with E-state index in [0.29, 0.717) is 5.82 Å². The fraction of sp³-hybridized carbons (Fsp3) is 0.214. The van der Waals surface area contributed by atoms with E-state index in [1.54, 1.807) is 17.3 Å². The molecule has 2 aromatic rings. The summed E-state index contributed by atoms with van der Waals surface area (Å²) < 4.78 is 0. The molecule has 1 aliphatic heterocycles. The average Bonchev–Trinajstić information content (AvgIpc) is 2.75. The van der Waals surface area contributed by atoms with Crippen molar-refractivity contribution in [1.82, 2.24) is 9.97 Å². The van der Waals surface area contributed by atoms with E-state index in [4.69, 9.17) is 0 Å². The number of amides is 2. The Balaban J connectivity index is 1.84. The van der Waals surface area contributed by atoms with E-state index in [1.165, 1.54) is 11.8 Å². The van der Waals surface area contributed by atoms with Crippen LogP contribution in [0.25, 0.3) is 0 Å². The summed E-state index contributed by atoms with van der Waals surface area (Å²) in [5.74, 6) is 0.462. The Hall–Kier alpha value is -2.43. The van der Waals surface area contributed by atoms with Gasteiger partial charge in [0.05, 0.1) is 6.20 Å². The Morgan fingerprint density at radius 2 is 2.21 bits per heavy atom. The molecular formula is C14H14N4O. The topological polar surface area (TPSA) is 58.1 Å². The van der Waals surface area contributed by atoms with E-state index in [-0.39, 0.29) is 12.1 Å². The minimum atomic E-state index is -0.169. The van der Waals surface area contributed by atoms with Gasteiger partial charge in [-0.3, -0.25) is 15.2 Å². The van der Waals surface area contributed by atoms with Gasteiger partial charge in [0, 0.05) is 24.1 Å². The Morgan fingerprint density at radius 3 is 3.00 bits per heavy atom. The Bertz CT molecular complexity index is 599. The monoisotopic (exact) mass is 254 g/mol. The van der Waals surface area contributed by atoms with Gasteiger partial charge in [0.1, 0.15) is 0 Å². The van der Waals surface area contributed by atoms with Gasteiger partial charge in [-0.25, -0.2) is 9.78 Å². The standard InChI is InChI=1S/C14H14N4O/c1-10-8-11-4-2-3-5-12(11)18(10)14(19)17-13-9-15-6-7-16-13/h2-7,9-10H,8H2,1H3,(H,16,17,19). The highest BCUT2D eigenvalue weighted by Crippen LogP contribution is 2.32. The van der Waals surface area contributed by atoms with Crippen LogP contribution in [-0.2, 0) is 6.42 Å². The van der Waals surface area contributed by atoms with Gasteiger partial charge in [-0.1, -0.05) is 18.2 Å². The zero-order valence-electron chi connectivity index (χ0n) is 10.6. The smallest absolute Gasteiger partial charge is 0.291 e. The second kappa shape index (κ2) is 4.68. The Labute approximate surface area is 111 Å². The van der Waals surface area contributed by atoms with Gasteiger partial charge in [0.2, 0.25) is 0 Å². The van der Waals surface area contributed by atoms with Crippen molar-refractivity contribution >= 4 is 17.5 Å². The van der Waals surface area contributed by atoms with Crippen molar-refractivity contribution in [3.63, 3.8) is 0 Å². The van der Waals surface area contributed by atoms with Crippen LogP contribution in [0.15, 0.2) is 42.9 Å². The first-order valence-corrected chi connectivity index (χ1v) is 6.20. The third kappa shape index (κ3) is 2.14. The summed E-state index contributed by atoms with van der Waals surface area (Å²) >= 11 is 0. The van der Waals surface area contributed by atoms with Crippen LogP contribution < -0.4 is 10.2 Å². The maximum Gasteiger partial charge on any atom is 0.327 e. The number of hydrogen-bond acceptors (Lipinski definition) is 3. The third-order valence-electron chi connectivity index (χ3n) is 3.22. The number of carbonyl (C=O) groups excluding carboxylic acids is 1. The molecule has 19 heavy (non-hydrogen) atoms. The minimum Gasteiger partial charge on any atom is -0.291 e. The van der Waals surface area contributed by atoms with Crippen LogP contribution in [0, 0.1) is 0 Å². The van der Waals surface area contributed by atoms with E-state index < -0.39 is 0 Å². The molecule has 1 N–H and O–H groups in total. The molecule has 5 heteroatoms. The Kier molecular flexibility index (Phi) is 2.87. The summed E-state index contributed by atoms with van der Waals surface area (Å²) in [6.45, 7) is 2.04. The van der Waals surface area contributed by atoms with Crippen molar-refractivity contribution in [3.8, 4) is 0 Å². The van der Waals surface area contributed by atoms with Crippen molar-refractivity contribution in [2.45, 2.75) is 19.4 Å². The molecule has 96 valence electrons. The van der Waals surface area contributed by atoms with Crippen LogP contribution in [0.3, 0.4) is 0 Å². The van der Waals surface area contributed by atoms with Crippen LogP contribution >= 0.6 is 0 Å². The zero-order chi connectivity index (χ0) is 13.2. The molecule has 1 aromatic heterocycles. The molecule has 0 radical (unpaired) electrons. The molecule has 1 aliphatic rings. The lowest BCUT2D eigenvalue weighted by atomic mass is 10.1. The van der Waals surface area contributed by atoms with Crippen LogP contribution in [-0.4, -0.2) is 22.0 Å². The quantitative estimate of drug-likeness (QED) is 0.850. The highest BCUT2D eigenvalue weighted by atomic mass is 16.2. The SMILES string of the molecule is CC1Cc2ccccc2N1C(=O)Nc1cnccn1. The van der Waals surface area contributed by atoms with Crippen molar-refractivity contribution in [2.75, 3.05) is 10.2 Å². The molecule has 5 nitrogen and oxygen atoms in total. The predicted molar refractivity (Wildman–Crippen MR) is 73.1 cm³/mol. The largest absolute Gasteiger partial charge is 0.327 e. The van der Waals surface area contributed by atoms with Gasteiger partial charge in [-0.05, 0) is 25.0 Å². The number of anilines is 2. The maximum atomic E-state index is 12.3. The van der Waals surface area contributed by atoms with Crippen molar-refractivity contribution in [2.24, 2.45) is 0 Å². The summed E-state index contributed by atoms with van der Waals surface area (Å²) in [4.78, 5) is 22.1. The number of nitrogens with one attached hydrogen (secondary N) is 1. The molecule has 2 heterocycles. The number of para-hydroxylation sites is 1. The number of rotatable bonds is 1. The first kappa shape index (κ1) is 11.6. The number of urea groups is 1. The lowest BCUT2D eigenvalue weighted by Crippen LogP contribution is -2.39. The predicted octanol–water partition coefficient (Wildman–Crippen LogP) is 2.46. The summed E-state index contributed by atoms with van der Waals surface area (Å²) in [6.07, 6.45) is 5.54. The molecule has 2 amide bonds. The average molecular weight is 254 g/mol. The van der Waals surface area contributed by atoms with Crippen LogP contribution in [0.2, 0.25) is 0 Å². The summed E-state index contributed by atoms with van der Waals surface area (Å²) in [6, 6.07) is 7.94. The van der Waals surface area contributed by atoms with Crippen LogP contribution in [0.5, 0.6) is 0 Å². The number of benzene rings is 1. The maximum absolute atomic E-state index is 12.3. The molecule has 0 aliphatic carbocycles. The van der Waals surface area contributed by atoms with E-state index >= 15 is 0 Å². The number of aromatic nitrogens is 2. The van der Waals surface area contributed by atoms with Gasteiger partial charge in [0.15, 0.2) is 5.82 Å². The Morgan fingerprint density at radius 1 is 1.37 bits per heavy atom.